The molecule has 0 amide bonds. The van der Waals surface area contributed by atoms with Gasteiger partial charge in [0, 0.05) is 8.95 Å². The van der Waals surface area contributed by atoms with Crippen molar-refractivity contribution >= 4 is 47.6 Å². The van der Waals surface area contributed by atoms with Gasteiger partial charge in [0.25, 0.3) is 10.0 Å². The molecule has 0 aliphatic heterocycles. The van der Waals surface area contributed by atoms with Crippen LogP contribution < -0.4 is 4.72 Å². The Kier molecular flexibility index (Phi) is 4.80. The molecule has 0 radical (unpaired) electrons. The van der Waals surface area contributed by atoms with Gasteiger partial charge in [-0.3, -0.25) is 4.72 Å². The zero-order valence-electron chi connectivity index (χ0n) is 11.9. The molecule has 21 heavy (non-hydrogen) atoms. The molecule has 0 aromatic heterocycles. The predicted molar refractivity (Wildman–Crippen MR) is 93.3 cm³/mol. The van der Waals surface area contributed by atoms with E-state index < -0.39 is 10.0 Å². The van der Waals surface area contributed by atoms with Crippen LogP contribution in [0.15, 0.2) is 44.2 Å². The molecule has 6 heteroatoms. The molecule has 2 aromatic rings. The molecule has 0 aliphatic carbocycles. The predicted octanol–water partition coefficient (Wildman–Crippen LogP) is 4.94. The van der Waals surface area contributed by atoms with Gasteiger partial charge in [0.15, 0.2) is 0 Å². The van der Waals surface area contributed by atoms with Crippen molar-refractivity contribution in [3.8, 4) is 0 Å². The maximum atomic E-state index is 12.6. The van der Waals surface area contributed by atoms with E-state index in [1.54, 1.807) is 12.1 Å². The number of halogens is 2. The molecule has 112 valence electrons. The number of aryl methyl sites for hydroxylation is 3. The zero-order chi connectivity index (χ0) is 15.8. The fourth-order valence-electron chi connectivity index (χ4n) is 1.88. The Balaban J connectivity index is 2.48. The molecule has 0 aliphatic rings. The van der Waals surface area contributed by atoms with E-state index in [0.29, 0.717) is 10.2 Å². The highest BCUT2D eigenvalue weighted by molar-refractivity contribution is 9.11. The maximum absolute atomic E-state index is 12.6. The SMILES string of the molecule is Cc1ccc(C)c(NS(=O)(=O)c2cc(Br)c(C)cc2Br)c1. The van der Waals surface area contributed by atoms with Crippen LogP contribution in [-0.4, -0.2) is 8.42 Å². The summed E-state index contributed by atoms with van der Waals surface area (Å²) in [7, 11) is -3.65. The molecule has 2 aromatic carbocycles. The molecular weight excluding hydrogens is 418 g/mol. The number of nitrogens with one attached hydrogen (secondary N) is 1. The first-order valence-corrected chi connectivity index (χ1v) is 9.33. The van der Waals surface area contributed by atoms with Crippen molar-refractivity contribution in [3.63, 3.8) is 0 Å². The fraction of sp³-hybridized carbons (Fsp3) is 0.200. The summed E-state index contributed by atoms with van der Waals surface area (Å²) in [6.07, 6.45) is 0. The topological polar surface area (TPSA) is 46.2 Å². The van der Waals surface area contributed by atoms with E-state index >= 15 is 0 Å². The van der Waals surface area contributed by atoms with E-state index in [2.05, 4.69) is 36.6 Å². The highest BCUT2D eigenvalue weighted by atomic mass is 79.9. The van der Waals surface area contributed by atoms with Crippen molar-refractivity contribution in [3.05, 3.63) is 56.0 Å². The smallest absolute Gasteiger partial charge is 0.263 e. The quantitative estimate of drug-likeness (QED) is 0.746. The summed E-state index contributed by atoms with van der Waals surface area (Å²) in [5.74, 6) is 0. The number of rotatable bonds is 3. The Hall–Kier alpha value is -0.850. The summed E-state index contributed by atoms with van der Waals surface area (Å²) in [4.78, 5) is 0.209. The van der Waals surface area contributed by atoms with Gasteiger partial charge in [-0.25, -0.2) is 8.42 Å². The minimum Gasteiger partial charge on any atom is -0.279 e. The lowest BCUT2D eigenvalue weighted by molar-refractivity contribution is 0.600. The average molecular weight is 433 g/mol. The van der Waals surface area contributed by atoms with Crippen LogP contribution in [0.25, 0.3) is 0 Å². The Bertz CT molecular complexity index is 802. The molecule has 0 fully saturated rings. The summed E-state index contributed by atoms with van der Waals surface area (Å²) in [6, 6.07) is 9.05. The molecule has 0 unspecified atom stereocenters. The van der Waals surface area contributed by atoms with Gasteiger partial charge in [-0.15, -0.1) is 0 Å². The first-order chi connectivity index (χ1) is 9.70. The highest BCUT2D eigenvalue weighted by Gasteiger charge is 2.20. The van der Waals surface area contributed by atoms with Crippen LogP contribution in [-0.2, 0) is 10.0 Å². The second kappa shape index (κ2) is 6.10. The first-order valence-electron chi connectivity index (χ1n) is 6.26. The molecule has 2 rings (SSSR count). The fourth-order valence-corrected chi connectivity index (χ4v) is 4.68. The van der Waals surface area contributed by atoms with Crippen molar-refractivity contribution in [1.29, 1.82) is 0 Å². The Labute approximate surface area is 142 Å². The molecule has 3 nitrogen and oxygen atoms in total. The third-order valence-corrected chi connectivity index (χ3v) is 6.32. The number of hydrogen-bond acceptors (Lipinski definition) is 2. The van der Waals surface area contributed by atoms with Gasteiger partial charge in [-0.05, 0) is 71.6 Å². The highest BCUT2D eigenvalue weighted by Crippen LogP contribution is 2.30. The standard InChI is InChI=1S/C15H15Br2NO2S/c1-9-4-5-10(2)14(6-9)18-21(19,20)15-8-12(16)11(3)7-13(15)17/h4-8,18H,1-3H3. The molecule has 0 bridgehead atoms. The lowest BCUT2D eigenvalue weighted by atomic mass is 10.1. The third-order valence-electron chi connectivity index (χ3n) is 3.14. The second-order valence-electron chi connectivity index (χ2n) is 4.96. The summed E-state index contributed by atoms with van der Waals surface area (Å²) in [5.41, 5.74) is 3.44. The monoisotopic (exact) mass is 431 g/mol. The molecule has 0 saturated carbocycles. The lowest BCUT2D eigenvalue weighted by Gasteiger charge is -2.13. The van der Waals surface area contributed by atoms with Crippen LogP contribution in [0, 0.1) is 20.8 Å². The number of hydrogen-bond donors (Lipinski definition) is 1. The molecule has 0 spiro atoms. The van der Waals surface area contributed by atoms with Crippen molar-refractivity contribution in [2.24, 2.45) is 0 Å². The molecular formula is C15H15Br2NO2S. The summed E-state index contributed by atoms with van der Waals surface area (Å²) < 4.78 is 29.1. The largest absolute Gasteiger partial charge is 0.279 e. The van der Waals surface area contributed by atoms with Gasteiger partial charge >= 0.3 is 0 Å². The number of benzene rings is 2. The van der Waals surface area contributed by atoms with E-state index in [0.717, 1.165) is 21.2 Å². The van der Waals surface area contributed by atoms with Crippen LogP contribution >= 0.6 is 31.9 Å². The van der Waals surface area contributed by atoms with Gasteiger partial charge in [-0.1, -0.05) is 28.1 Å². The van der Waals surface area contributed by atoms with Crippen LogP contribution in [0.4, 0.5) is 5.69 Å². The van der Waals surface area contributed by atoms with E-state index in [1.807, 2.05) is 39.0 Å². The van der Waals surface area contributed by atoms with E-state index in [4.69, 9.17) is 0 Å². The minimum atomic E-state index is -3.65. The third kappa shape index (κ3) is 3.67. The van der Waals surface area contributed by atoms with Gasteiger partial charge in [0.05, 0.1) is 5.69 Å². The molecule has 0 atom stereocenters. The Morgan fingerprint density at radius 3 is 2.24 bits per heavy atom. The summed E-state index contributed by atoms with van der Waals surface area (Å²) in [6.45, 7) is 5.70. The molecule has 0 heterocycles. The Morgan fingerprint density at radius 1 is 0.905 bits per heavy atom. The number of anilines is 1. The van der Waals surface area contributed by atoms with E-state index in [-0.39, 0.29) is 4.90 Å². The van der Waals surface area contributed by atoms with E-state index in [1.165, 1.54) is 0 Å². The van der Waals surface area contributed by atoms with Gasteiger partial charge in [-0.2, -0.15) is 0 Å². The lowest BCUT2D eigenvalue weighted by Crippen LogP contribution is -2.14. The van der Waals surface area contributed by atoms with Gasteiger partial charge < -0.3 is 0 Å². The minimum absolute atomic E-state index is 0.209. The average Bonchev–Trinajstić information content (AvgIpc) is 2.37. The van der Waals surface area contributed by atoms with Crippen molar-refractivity contribution in [1.82, 2.24) is 0 Å². The molecule has 1 N–H and O–H groups in total. The Morgan fingerprint density at radius 2 is 1.57 bits per heavy atom. The van der Waals surface area contributed by atoms with Crippen LogP contribution in [0.5, 0.6) is 0 Å². The van der Waals surface area contributed by atoms with Crippen molar-refractivity contribution in [2.45, 2.75) is 25.7 Å². The van der Waals surface area contributed by atoms with Crippen molar-refractivity contribution in [2.75, 3.05) is 4.72 Å². The van der Waals surface area contributed by atoms with Crippen LogP contribution in [0.1, 0.15) is 16.7 Å². The first kappa shape index (κ1) is 16.5. The van der Waals surface area contributed by atoms with Gasteiger partial charge in [0.2, 0.25) is 0 Å². The maximum Gasteiger partial charge on any atom is 0.263 e. The van der Waals surface area contributed by atoms with Crippen LogP contribution in [0.3, 0.4) is 0 Å². The van der Waals surface area contributed by atoms with Crippen LogP contribution in [0.2, 0.25) is 0 Å². The summed E-state index contributed by atoms with van der Waals surface area (Å²) in [5, 5.41) is 0. The van der Waals surface area contributed by atoms with Crippen molar-refractivity contribution < 1.29 is 8.42 Å². The zero-order valence-corrected chi connectivity index (χ0v) is 15.9. The van der Waals surface area contributed by atoms with Gasteiger partial charge in [0.1, 0.15) is 4.90 Å². The normalized spacial score (nSPS) is 11.5. The number of sulfonamides is 1. The summed E-state index contributed by atoms with van der Waals surface area (Å²) >= 11 is 6.69. The second-order valence-corrected chi connectivity index (χ2v) is 8.32. The van der Waals surface area contributed by atoms with E-state index in [9.17, 15) is 8.42 Å². The molecule has 0 saturated heterocycles.